The van der Waals surface area contributed by atoms with Crippen molar-refractivity contribution in [3.8, 4) is 22.3 Å². The molecule has 0 amide bonds. The number of rotatable bonds is 3. The van der Waals surface area contributed by atoms with Gasteiger partial charge in [-0.25, -0.2) is 0 Å². The van der Waals surface area contributed by atoms with Crippen LogP contribution < -0.4 is 0 Å². The van der Waals surface area contributed by atoms with Crippen LogP contribution in [0.25, 0.3) is 87.7 Å². The van der Waals surface area contributed by atoms with Crippen LogP contribution in [0.15, 0.2) is 121 Å². The first-order valence-electron chi connectivity index (χ1n) is 17.2. The number of fused-ring (bicyclic) bond motifs is 9. The third-order valence-electron chi connectivity index (χ3n) is 11.2. The van der Waals surface area contributed by atoms with Crippen molar-refractivity contribution in [1.29, 1.82) is 0 Å². The monoisotopic (exact) mass is 607 g/mol. The summed E-state index contributed by atoms with van der Waals surface area (Å²) in [5.74, 6) is 0. The minimum atomic E-state index is 0.555. The van der Waals surface area contributed by atoms with Crippen LogP contribution in [-0.2, 0) is 14.1 Å². The molecule has 1 saturated carbocycles. The fourth-order valence-electron chi connectivity index (χ4n) is 8.84. The van der Waals surface area contributed by atoms with E-state index in [4.69, 9.17) is 0 Å². The quantitative estimate of drug-likeness (QED) is 0.190. The maximum atomic E-state index is 2.68. The Balaban J connectivity index is 1.18. The zero-order valence-corrected chi connectivity index (χ0v) is 27.0. The Bertz CT molecular complexity index is 2510. The van der Waals surface area contributed by atoms with Gasteiger partial charge in [0.1, 0.15) is 0 Å². The van der Waals surface area contributed by atoms with Gasteiger partial charge in [-0.3, -0.25) is 0 Å². The highest BCUT2D eigenvalue weighted by molar-refractivity contribution is 6.13. The first-order valence-corrected chi connectivity index (χ1v) is 17.2. The molecule has 47 heavy (non-hydrogen) atoms. The Morgan fingerprint density at radius 1 is 0.383 bits per heavy atom. The first kappa shape index (κ1) is 26.9. The van der Waals surface area contributed by atoms with Gasteiger partial charge in [0.05, 0.1) is 0 Å². The summed E-state index contributed by atoms with van der Waals surface area (Å²) in [5, 5.41) is 7.97. The van der Waals surface area contributed by atoms with Gasteiger partial charge in [-0.2, -0.15) is 0 Å². The third-order valence-corrected chi connectivity index (χ3v) is 11.2. The number of hydrogen-bond acceptors (Lipinski definition) is 0. The summed E-state index contributed by atoms with van der Waals surface area (Å²) in [6, 6.07) is 46.4. The summed E-state index contributed by atoms with van der Waals surface area (Å²) in [6.45, 7) is 0. The average Bonchev–Trinajstić information content (AvgIpc) is 3.72. The maximum Gasteiger partial charge on any atom is 0.0494 e. The number of para-hydroxylation sites is 2. The van der Waals surface area contributed by atoms with Crippen LogP contribution in [0.4, 0.5) is 0 Å². The number of nitrogens with zero attached hydrogens (tertiary/aromatic N) is 3. The molecule has 0 radical (unpaired) electrons. The van der Waals surface area contributed by atoms with E-state index in [-0.39, 0.29) is 0 Å². The van der Waals surface area contributed by atoms with E-state index in [1.165, 1.54) is 120 Å². The summed E-state index contributed by atoms with van der Waals surface area (Å²) in [6.07, 6.45) is 6.52. The first-order chi connectivity index (χ1) is 23.1. The molecule has 3 aromatic heterocycles. The Labute approximate surface area is 274 Å². The third kappa shape index (κ3) is 3.92. The second kappa shape index (κ2) is 10.1. The molecule has 3 heterocycles. The molecule has 6 aromatic carbocycles. The van der Waals surface area contributed by atoms with Gasteiger partial charge in [-0.15, -0.1) is 0 Å². The van der Waals surface area contributed by atoms with Crippen molar-refractivity contribution < 1.29 is 0 Å². The minimum absolute atomic E-state index is 0.555. The zero-order chi connectivity index (χ0) is 31.2. The Morgan fingerprint density at radius 2 is 0.745 bits per heavy atom. The number of benzene rings is 6. The van der Waals surface area contributed by atoms with Crippen LogP contribution in [0.1, 0.15) is 38.1 Å². The maximum absolute atomic E-state index is 2.68. The molecule has 0 bridgehead atoms. The summed E-state index contributed by atoms with van der Waals surface area (Å²) >= 11 is 0. The predicted molar refractivity (Wildman–Crippen MR) is 200 cm³/mol. The molecule has 3 heteroatoms. The lowest BCUT2D eigenvalue weighted by atomic mass is 9.95. The molecule has 0 saturated heterocycles. The Kier molecular flexibility index (Phi) is 5.78. The fraction of sp³-hybridized carbons (Fsp3) is 0.182. The molecule has 9 aromatic rings. The molecular formula is C44H37N3. The summed E-state index contributed by atoms with van der Waals surface area (Å²) < 4.78 is 7.30. The van der Waals surface area contributed by atoms with Gasteiger partial charge < -0.3 is 13.7 Å². The van der Waals surface area contributed by atoms with E-state index in [1.807, 2.05) is 0 Å². The zero-order valence-electron chi connectivity index (χ0n) is 27.0. The van der Waals surface area contributed by atoms with E-state index >= 15 is 0 Å². The van der Waals surface area contributed by atoms with Gasteiger partial charge in [0.15, 0.2) is 0 Å². The molecule has 1 aliphatic carbocycles. The molecule has 0 N–H and O–H groups in total. The van der Waals surface area contributed by atoms with Crippen molar-refractivity contribution in [2.45, 2.75) is 38.1 Å². The highest BCUT2D eigenvalue weighted by atomic mass is 15.0. The molecule has 1 fully saturated rings. The van der Waals surface area contributed by atoms with E-state index in [0.29, 0.717) is 6.04 Å². The van der Waals surface area contributed by atoms with E-state index in [2.05, 4.69) is 149 Å². The number of aryl methyl sites for hydroxylation is 2. The molecule has 0 spiro atoms. The highest BCUT2D eigenvalue weighted by Crippen LogP contribution is 2.42. The molecular weight excluding hydrogens is 571 g/mol. The fourth-order valence-corrected chi connectivity index (χ4v) is 8.84. The van der Waals surface area contributed by atoms with Gasteiger partial charge in [-0.1, -0.05) is 79.9 Å². The lowest BCUT2D eigenvalue weighted by molar-refractivity contribution is 0.367. The van der Waals surface area contributed by atoms with Crippen LogP contribution in [0, 0.1) is 0 Å². The Morgan fingerprint density at radius 3 is 1.19 bits per heavy atom. The minimum Gasteiger partial charge on any atom is -0.344 e. The van der Waals surface area contributed by atoms with E-state index < -0.39 is 0 Å². The standard InChI is InChI=1S/C44H37N3/c1-45-39-14-8-6-12-33(39)35-24-28(16-20-41(35)45)30-18-22-43-37(26-30)38-27-31(19-23-44(38)47(43)32-10-4-3-5-11-32)29-17-21-42-36(25-29)34-13-7-9-15-40(34)46(42)2/h6-9,12-27,32H,3-5,10-11H2,1-2H3. The highest BCUT2D eigenvalue weighted by Gasteiger charge is 2.22. The molecule has 1 aliphatic rings. The molecule has 228 valence electrons. The second-order valence-electron chi connectivity index (χ2n) is 13.7. The van der Waals surface area contributed by atoms with Crippen molar-refractivity contribution in [2.75, 3.05) is 0 Å². The van der Waals surface area contributed by atoms with Crippen molar-refractivity contribution in [3.63, 3.8) is 0 Å². The van der Waals surface area contributed by atoms with Crippen LogP contribution in [-0.4, -0.2) is 13.7 Å². The van der Waals surface area contributed by atoms with E-state index in [1.54, 1.807) is 0 Å². The molecule has 10 rings (SSSR count). The molecule has 0 aliphatic heterocycles. The summed E-state index contributed by atoms with van der Waals surface area (Å²) in [7, 11) is 4.35. The SMILES string of the molecule is Cn1c2ccccc2c2cc(-c3ccc4c(c3)c3cc(-c5ccc6c(c5)c5ccccc5n6C)ccc3n4C3CCCCC3)ccc21. The number of aromatic nitrogens is 3. The average molecular weight is 608 g/mol. The number of hydrogen-bond donors (Lipinski definition) is 0. The van der Waals surface area contributed by atoms with Crippen LogP contribution in [0.5, 0.6) is 0 Å². The van der Waals surface area contributed by atoms with E-state index in [9.17, 15) is 0 Å². The lowest BCUT2D eigenvalue weighted by Crippen LogP contribution is -2.12. The van der Waals surface area contributed by atoms with E-state index in [0.717, 1.165) is 0 Å². The Hall–Kier alpha value is -5.28. The summed E-state index contributed by atoms with van der Waals surface area (Å²) in [4.78, 5) is 0. The van der Waals surface area contributed by atoms with Crippen molar-refractivity contribution in [1.82, 2.24) is 13.7 Å². The van der Waals surface area contributed by atoms with Gasteiger partial charge in [-0.05, 0) is 95.8 Å². The largest absolute Gasteiger partial charge is 0.344 e. The van der Waals surface area contributed by atoms with Gasteiger partial charge in [0, 0.05) is 85.6 Å². The van der Waals surface area contributed by atoms with Crippen LogP contribution >= 0.6 is 0 Å². The molecule has 0 unspecified atom stereocenters. The molecule has 0 atom stereocenters. The molecule has 3 nitrogen and oxygen atoms in total. The van der Waals surface area contributed by atoms with Crippen molar-refractivity contribution in [2.24, 2.45) is 14.1 Å². The second-order valence-corrected chi connectivity index (χ2v) is 13.7. The lowest BCUT2D eigenvalue weighted by Gasteiger charge is -2.25. The topological polar surface area (TPSA) is 14.8 Å². The van der Waals surface area contributed by atoms with Crippen molar-refractivity contribution in [3.05, 3.63) is 121 Å². The smallest absolute Gasteiger partial charge is 0.0494 e. The van der Waals surface area contributed by atoms with Gasteiger partial charge in [0.25, 0.3) is 0 Å². The van der Waals surface area contributed by atoms with Crippen LogP contribution in [0.3, 0.4) is 0 Å². The van der Waals surface area contributed by atoms with Gasteiger partial charge >= 0.3 is 0 Å². The van der Waals surface area contributed by atoms with Crippen LogP contribution in [0.2, 0.25) is 0 Å². The normalized spacial score (nSPS) is 14.5. The summed E-state index contributed by atoms with van der Waals surface area (Å²) in [5.41, 5.74) is 12.9. The van der Waals surface area contributed by atoms with Crippen molar-refractivity contribution >= 4 is 65.4 Å². The predicted octanol–water partition coefficient (Wildman–Crippen LogP) is 11.9. The van der Waals surface area contributed by atoms with Gasteiger partial charge in [0.2, 0.25) is 0 Å².